The second-order valence-corrected chi connectivity index (χ2v) is 7.79. The van der Waals surface area contributed by atoms with E-state index >= 15 is 0 Å². The normalized spacial score (nSPS) is 29.6. The van der Waals surface area contributed by atoms with Gasteiger partial charge in [-0.15, -0.1) is 11.3 Å². The van der Waals surface area contributed by atoms with E-state index in [1.54, 1.807) is 10.4 Å². The number of aryl methyl sites for hydroxylation is 2. The van der Waals surface area contributed by atoms with Gasteiger partial charge in [-0.1, -0.05) is 26.2 Å². The molecule has 2 aliphatic rings. The molecule has 1 nitrogen and oxygen atoms in total. The molecule has 1 heterocycles. The SMILES string of the molecule is CC1CCC(C(O)c2cc3c(s2)CCCCC3)CC1. The fourth-order valence-electron chi connectivity index (χ4n) is 3.67. The van der Waals surface area contributed by atoms with Crippen molar-refractivity contribution in [1.82, 2.24) is 0 Å². The molecule has 1 fully saturated rings. The van der Waals surface area contributed by atoms with Crippen LogP contribution in [-0.2, 0) is 12.8 Å². The molecular formula is C17H26OS. The Morgan fingerprint density at radius 2 is 1.84 bits per heavy atom. The standard InChI is InChI=1S/C17H26OS/c1-12-7-9-13(10-8-12)17(18)16-11-14-5-3-2-4-6-15(14)19-16/h11-13,17-18H,2-10H2,1H3. The quantitative estimate of drug-likeness (QED) is 0.765. The summed E-state index contributed by atoms with van der Waals surface area (Å²) in [7, 11) is 0. The minimum Gasteiger partial charge on any atom is -0.387 e. The van der Waals surface area contributed by atoms with Crippen molar-refractivity contribution in [3.8, 4) is 0 Å². The highest BCUT2D eigenvalue weighted by atomic mass is 32.1. The summed E-state index contributed by atoms with van der Waals surface area (Å²) in [5.74, 6) is 1.38. The first-order valence-electron chi connectivity index (χ1n) is 8.03. The molecule has 1 atom stereocenters. The summed E-state index contributed by atoms with van der Waals surface area (Å²) in [5, 5.41) is 10.7. The Morgan fingerprint density at radius 1 is 1.11 bits per heavy atom. The monoisotopic (exact) mass is 278 g/mol. The van der Waals surface area contributed by atoms with Crippen molar-refractivity contribution in [3.05, 3.63) is 21.4 Å². The van der Waals surface area contributed by atoms with E-state index in [9.17, 15) is 5.11 Å². The lowest BCUT2D eigenvalue weighted by Crippen LogP contribution is -2.18. The van der Waals surface area contributed by atoms with Crippen LogP contribution in [0.15, 0.2) is 6.07 Å². The second kappa shape index (κ2) is 5.97. The fourth-order valence-corrected chi connectivity index (χ4v) is 5.01. The molecule has 3 rings (SSSR count). The van der Waals surface area contributed by atoms with Crippen LogP contribution in [0.3, 0.4) is 0 Å². The summed E-state index contributed by atoms with van der Waals surface area (Å²) in [6.45, 7) is 2.34. The molecule has 0 saturated heterocycles. The predicted octanol–water partition coefficient (Wildman–Crippen LogP) is 4.88. The first kappa shape index (κ1) is 13.6. The van der Waals surface area contributed by atoms with Crippen LogP contribution < -0.4 is 0 Å². The molecule has 2 heteroatoms. The third-order valence-electron chi connectivity index (χ3n) is 5.06. The Bertz CT molecular complexity index is 391. The Morgan fingerprint density at radius 3 is 2.63 bits per heavy atom. The molecule has 0 aliphatic heterocycles. The van der Waals surface area contributed by atoms with Gasteiger partial charge in [-0.25, -0.2) is 0 Å². The molecule has 1 unspecified atom stereocenters. The lowest BCUT2D eigenvalue weighted by atomic mass is 9.80. The molecule has 106 valence electrons. The highest BCUT2D eigenvalue weighted by molar-refractivity contribution is 7.12. The smallest absolute Gasteiger partial charge is 0.0910 e. The van der Waals surface area contributed by atoms with Gasteiger partial charge >= 0.3 is 0 Å². The number of aliphatic hydroxyl groups is 1. The van der Waals surface area contributed by atoms with Crippen molar-refractivity contribution in [3.63, 3.8) is 0 Å². The number of hydrogen-bond donors (Lipinski definition) is 1. The Hall–Kier alpha value is -0.340. The zero-order chi connectivity index (χ0) is 13.2. The van der Waals surface area contributed by atoms with Crippen LogP contribution in [-0.4, -0.2) is 5.11 Å². The molecule has 0 amide bonds. The predicted molar refractivity (Wildman–Crippen MR) is 81.7 cm³/mol. The molecule has 1 saturated carbocycles. The van der Waals surface area contributed by atoms with Crippen LogP contribution in [0.4, 0.5) is 0 Å². The van der Waals surface area contributed by atoms with Gasteiger partial charge in [0.1, 0.15) is 0 Å². The summed E-state index contributed by atoms with van der Waals surface area (Å²) in [5.41, 5.74) is 1.54. The Balaban J connectivity index is 1.71. The minimum absolute atomic E-state index is 0.190. The van der Waals surface area contributed by atoms with E-state index in [0.29, 0.717) is 5.92 Å². The van der Waals surface area contributed by atoms with Crippen molar-refractivity contribution in [2.24, 2.45) is 11.8 Å². The lowest BCUT2D eigenvalue weighted by molar-refractivity contribution is 0.0784. The Kier molecular flexibility index (Phi) is 4.28. The van der Waals surface area contributed by atoms with Crippen LogP contribution in [0.1, 0.15) is 73.3 Å². The molecular weight excluding hydrogens is 252 g/mol. The van der Waals surface area contributed by atoms with Gasteiger partial charge in [0, 0.05) is 9.75 Å². The van der Waals surface area contributed by atoms with E-state index in [4.69, 9.17) is 0 Å². The third kappa shape index (κ3) is 3.05. The molecule has 19 heavy (non-hydrogen) atoms. The first-order valence-corrected chi connectivity index (χ1v) is 8.85. The van der Waals surface area contributed by atoms with Crippen LogP contribution in [0, 0.1) is 11.8 Å². The molecule has 0 aromatic carbocycles. The molecule has 0 radical (unpaired) electrons. The van der Waals surface area contributed by atoms with Crippen LogP contribution in [0.2, 0.25) is 0 Å². The average molecular weight is 278 g/mol. The van der Waals surface area contributed by atoms with Crippen molar-refractivity contribution < 1.29 is 5.11 Å². The zero-order valence-electron chi connectivity index (χ0n) is 12.0. The van der Waals surface area contributed by atoms with Gasteiger partial charge in [0.15, 0.2) is 0 Å². The number of aliphatic hydroxyl groups excluding tert-OH is 1. The molecule has 0 bridgehead atoms. The van der Waals surface area contributed by atoms with Crippen molar-refractivity contribution in [1.29, 1.82) is 0 Å². The summed E-state index contributed by atoms with van der Waals surface area (Å²) in [6.07, 6.45) is 11.4. The van der Waals surface area contributed by atoms with E-state index < -0.39 is 0 Å². The van der Waals surface area contributed by atoms with Crippen LogP contribution >= 0.6 is 11.3 Å². The van der Waals surface area contributed by atoms with Gasteiger partial charge in [0.05, 0.1) is 6.10 Å². The maximum Gasteiger partial charge on any atom is 0.0910 e. The Labute approximate surface area is 121 Å². The lowest BCUT2D eigenvalue weighted by Gasteiger charge is -2.29. The van der Waals surface area contributed by atoms with Gasteiger partial charge in [-0.05, 0) is 62.0 Å². The highest BCUT2D eigenvalue weighted by Gasteiger charge is 2.27. The summed E-state index contributed by atoms with van der Waals surface area (Å²) < 4.78 is 0. The summed E-state index contributed by atoms with van der Waals surface area (Å²) in [4.78, 5) is 2.82. The number of fused-ring (bicyclic) bond motifs is 1. The average Bonchev–Trinajstić information content (AvgIpc) is 2.70. The van der Waals surface area contributed by atoms with Crippen molar-refractivity contribution in [2.45, 2.75) is 70.8 Å². The topological polar surface area (TPSA) is 20.2 Å². The number of hydrogen-bond acceptors (Lipinski definition) is 2. The van der Waals surface area contributed by atoms with Gasteiger partial charge < -0.3 is 5.11 Å². The number of rotatable bonds is 2. The van der Waals surface area contributed by atoms with E-state index in [-0.39, 0.29) is 6.10 Å². The molecule has 2 aliphatic carbocycles. The van der Waals surface area contributed by atoms with Crippen molar-refractivity contribution in [2.75, 3.05) is 0 Å². The molecule has 1 aromatic rings. The van der Waals surface area contributed by atoms with Gasteiger partial charge in [-0.3, -0.25) is 0 Å². The van der Waals surface area contributed by atoms with Gasteiger partial charge in [0.25, 0.3) is 0 Å². The highest BCUT2D eigenvalue weighted by Crippen LogP contribution is 2.40. The molecule has 0 spiro atoms. The second-order valence-electron chi connectivity index (χ2n) is 6.62. The van der Waals surface area contributed by atoms with E-state index in [2.05, 4.69) is 13.0 Å². The number of thiophene rings is 1. The summed E-state index contributed by atoms with van der Waals surface area (Å²) in [6, 6.07) is 2.33. The third-order valence-corrected chi connectivity index (χ3v) is 6.37. The summed E-state index contributed by atoms with van der Waals surface area (Å²) >= 11 is 1.90. The van der Waals surface area contributed by atoms with Crippen molar-refractivity contribution >= 4 is 11.3 Å². The van der Waals surface area contributed by atoms with E-state index in [1.165, 1.54) is 62.7 Å². The minimum atomic E-state index is -0.190. The van der Waals surface area contributed by atoms with Gasteiger partial charge in [-0.2, -0.15) is 0 Å². The zero-order valence-corrected chi connectivity index (χ0v) is 12.8. The maximum absolute atomic E-state index is 10.7. The van der Waals surface area contributed by atoms with E-state index in [1.807, 2.05) is 11.3 Å². The maximum atomic E-state index is 10.7. The first-order chi connectivity index (χ1) is 9.24. The van der Waals surface area contributed by atoms with Gasteiger partial charge in [0.2, 0.25) is 0 Å². The fraction of sp³-hybridized carbons (Fsp3) is 0.765. The largest absolute Gasteiger partial charge is 0.387 e. The van der Waals surface area contributed by atoms with Crippen LogP contribution in [0.5, 0.6) is 0 Å². The molecule has 1 N–H and O–H groups in total. The van der Waals surface area contributed by atoms with E-state index in [0.717, 1.165) is 5.92 Å². The molecule has 1 aromatic heterocycles. The van der Waals surface area contributed by atoms with Crippen LogP contribution in [0.25, 0.3) is 0 Å².